The van der Waals surface area contributed by atoms with Crippen LogP contribution in [0.3, 0.4) is 0 Å². The number of likely N-dealkylation sites (tertiary alicyclic amines) is 1. The van der Waals surface area contributed by atoms with Gasteiger partial charge in [-0.3, -0.25) is 19.7 Å². The minimum absolute atomic E-state index is 0.0439. The van der Waals surface area contributed by atoms with Gasteiger partial charge in [0.2, 0.25) is 0 Å². The highest BCUT2D eigenvalue weighted by Crippen LogP contribution is 2.42. The van der Waals surface area contributed by atoms with Gasteiger partial charge < -0.3 is 9.64 Å². The first-order chi connectivity index (χ1) is 14.7. The minimum atomic E-state index is -0.871. The van der Waals surface area contributed by atoms with Crippen molar-refractivity contribution in [2.75, 3.05) is 26.2 Å². The lowest BCUT2D eigenvalue weighted by molar-refractivity contribution is -0.173. The summed E-state index contributed by atoms with van der Waals surface area (Å²) >= 11 is 1.70. The third kappa shape index (κ3) is 3.64. The number of amides is 1. The quantitative estimate of drug-likeness (QED) is 0.635. The molecule has 2 aliphatic heterocycles. The molecule has 0 bridgehead atoms. The van der Waals surface area contributed by atoms with Gasteiger partial charge >= 0.3 is 0 Å². The van der Waals surface area contributed by atoms with Crippen LogP contribution in [0, 0.1) is 0 Å². The number of rotatable bonds is 5. The molecule has 0 radical (unpaired) electrons. The van der Waals surface area contributed by atoms with Crippen LogP contribution in [0.2, 0.25) is 0 Å². The third-order valence-electron chi connectivity index (χ3n) is 6.03. The van der Waals surface area contributed by atoms with E-state index in [0.717, 1.165) is 24.2 Å². The van der Waals surface area contributed by atoms with Crippen LogP contribution >= 0.6 is 11.3 Å². The lowest BCUT2D eigenvalue weighted by atomic mass is 9.83. The Labute approximate surface area is 180 Å². The largest absolute Gasteiger partial charge is 0.361 e. The molecule has 2 aliphatic rings. The molecule has 5 rings (SSSR count). The summed E-state index contributed by atoms with van der Waals surface area (Å²) < 4.78 is 6.35. The first-order valence-corrected chi connectivity index (χ1v) is 11.1. The SMILES string of the molecule is O=C1N(Cc2ccncc2)CCO[C@]12CN(Cc1ccsc1)C[C@H]2c1cccnc1. The molecule has 6 nitrogen and oxygen atoms in total. The Kier molecular flexibility index (Phi) is 5.33. The fourth-order valence-corrected chi connectivity index (χ4v) is 5.28. The number of hydrogen-bond acceptors (Lipinski definition) is 6. The van der Waals surface area contributed by atoms with Crippen LogP contribution < -0.4 is 0 Å². The van der Waals surface area contributed by atoms with Gasteiger partial charge in [0, 0.05) is 63.4 Å². The minimum Gasteiger partial charge on any atom is -0.361 e. The monoisotopic (exact) mass is 420 g/mol. The molecule has 0 N–H and O–H groups in total. The highest BCUT2D eigenvalue weighted by atomic mass is 32.1. The fourth-order valence-electron chi connectivity index (χ4n) is 4.62. The van der Waals surface area contributed by atoms with Crippen LogP contribution in [0.25, 0.3) is 0 Å². The van der Waals surface area contributed by atoms with E-state index >= 15 is 0 Å². The summed E-state index contributed by atoms with van der Waals surface area (Å²) in [5.41, 5.74) is 2.55. The molecule has 0 aliphatic carbocycles. The summed E-state index contributed by atoms with van der Waals surface area (Å²) in [6.45, 7) is 3.91. The second-order valence-corrected chi connectivity index (χ2v) is 8.74. The standard InChI is InChI=1S/C23H24N4O2S/c28-22-23(29-10-9-27(22)14-18-3-7-24-8-4-18)17-26(13-19-5-11-30-16-19)15-21(23)20-2-1-6-25-12-20/h1-8,11-12,16,21H,9-10,13-15,17H2/t21-,23-/m0/s1. The van der Waals surface area contributed by atoms with Crippen LogP contribution in [-0.2, 0) is 22.6 Å². The first kappa shape index (κ1) is 19.4. The maximum atomic E-state index is 13.8. The van der Waals surface area contributed by atoms with Crippen molar-refractivity contribution in [2.24, 2.45) is 0 Å². The van der Waals surface area contributed by atoms with E-state index in [1.807, 2.05) is 29.3 Å². The lowest BCUT2D eigenvalue weighted by Crippen LogP contribution is -2.59. The third-order valence-corrected chi connectivity index (χ3v) is 6.76. The topological polar surface area (TPSA) is 58.6 Å². The van der Waals surface area contributed by atoms with E-state index in [0.29, 0.717) is 26.2 Å². The molecule has 3 aromatic heterocycles. The second-order valence-electron chi connectivity index (χ2n) is 7.96. The smallest absolute Gasteiger partial charge is 0.257 e. The number of aromatic nitrogens is 2. The molecule has 2 atom stereocenters. The van der Waals surface area contributed by atoms with Crippen LogP contribution in [0.15, 0.2) is 65.9 Å². The van der Waals surface area contributed by atoms with Gasteiger partial charge in [0.05, 0.1) is 6.61 Å². The van der Waals surface area contributed by atoms with E-state index in [-0.39, 0.29) is 11.8 Å². The Morgan fingerprint density at radius 1 is 1.10 bits per heavy atom. The molecular weight excluding hydrogens is 396 g/mol. The number of carbonyl (C=O) groups is 1. The maximum absolute atomic E-state index is 13.8. The zero-order chi connectivity index (χ0) is 20.4. The van der Waals surface area contributed by atoms with E-state index in [1.165, 1.54) is 5.56 Å². The summed E-state index contributed by atoms with van der Waals surface area (Å²) in [5, 5.41) is 4.27. The van der Waals surface area contributed by atoms with Crippen molar-refractivity contribution in [1.82, 2.24) is 19.8 Å². The molecule has 30 heavy (non-hydrogen) atoms. The van der Waals surface area contributed by atoms with Crippen LogP contribution in [-0.4, -0.2) is 57.5 Å². The predicted molar refractivity (Wildman–Crippen MR) is 115 cm³/mol. The van der Waals surface area contributed by atoms with Gasteiger partial charge in [-0.1, -0.05) is 6.07 Å². The molecule has 5 heterocycles. The Morgan fingerprint density at radius 3 is 2.77 bits per heavy atom. The lowest BCUT2D eigenvalue weighted by Gasteiger charge is -2.42. The van der Waals surface area contributed by atoms with Crippen molar-refractivity contribution in [3.05, 3.63) is 82.6 Å². The number of morpholine rings is 1. The van der Waals surface area contributed by atoms with Crippen LogP contribution in [0.1, 0.15) is 22.6 Å². The molecule has 0 aromatic carbocycles. The summed E-state index contributed by atoms with van der Waals surface area (Å²) in [5.74, 6) is 0.0322. The zero-order valence-corrected chi connectivity index (χ0v) is 17.5. The van der Waals surface area contributed by atoms with Crippen molar-refractivity contribution in [2.45, 2.75) is 24.6 Å². The molecule has 0 saturated carbocycles. The van der Waals surface area contributed by atoms with Crippen molar-refractivity contribution >= 4 is 17.2 Å². The van der Waals surface area contributed by atoms with Gasteiger partial charge in [-0.25, -0.2) is 0 Å². The second kappa shape index (κ2) is 8.26. The van der Waals surface area contributed by atoms with Gasteiger partial charge in [0.25, 0.3) is 5.91 Å². The molecular formula is C23H24N4O2S. The summed E-state index contributed by atoms with van der Waals surface area (Å²) in [4.78, 5) is 26.5. The van der Waals surface area contributed by atoms with Gasteiger partial charge in [-0.2, -0.15) is 11.3 Å². The summed E-state index contributed by atoms with van der Waals surface area (Å²) in [6.07, 6.45) is 7.19. The van der Waals surface area contributed by atoms with Gasteiger partial charge in [0.1, 0.15) is 0 Å². The maximum Gasteiger partial charge on any atom is 0.257 e. The van der Waals surface area contributed by atoms with Crippen molar-refractivity contribution in [1.29, 1.82) is 0 Å². The molecule has 2 saturated heterocycles. The van der Waals surface area contributed by atoms with Gasteiger partial charge in [-0.05, 0) is 51.7 Å². The van der Waals surface area contributed by atoms with Crippen molar-refractivity contribution in [3.8, 4) is 0 Å². The Balaban J connectivity index is 1.45. The summed E-state index contributed by atoms with van der Waals surface area (Å²) in [6, 6.07) is 10.1. The van der Waals surface area contributed by atoms with Crippen molar-refractivity contribution in [3.63, 3.8) is 0 Å². The number of thiophene rings is 1. The van der Waals surface area contributed by atoms with Gasteiger partial charge in [-0.15, -0.1) is 0 Å². The summed E-state index contributed by atoms with van der Waals surface area (Å²) in [7, 11) is 0. The zero-order valence-electron chi connectivity index (χ0n) is 16.7. The van der Waals surface area contributed by atoms with Gasteiger partial charge in [0.15, 0.2) is 5.60 Å². The molecule has 3 aromatic rings. The highest BCUT2D eigenvalue weighted by molar-refractivity contribution is 7.07. The molecule has 154 valence electrons. The van der Waals surface area contributed by atoms with E-state index < -0.39 is 5.60 Å². The van der Waals surface area contributed by atoms with E-state index in [2.05, 4.69) is 37.8 Å². The van der Waals surface area contributed by atoms with E-state index in [1.54, 1.807) is 29.9 Å². The van der Waals surface area contributed by atoms with Crippen LogP contribution in [0.4, 0.5) is 0 Å². The fraction of sp³-hybridized carbons (Fsp3) is 0.348. The number of ether oxygens (including phenoxy) is 1. The molecule has 1 amide bonds. The Bertz CT molecular complexity index is 983. The Hall–Kier alpha value is -2.61. The number of hydrogen-bond donors (Lipinski definition) is 0. The number of carbonyl (C=O) groups excluding carboxylic acids is 1. The normalized spacial score (nSPS) is 24.6. The average Bonchev–Trinajstić information content (AvgIpc) is 3.42. The van der Waals surface area contributed by atoms with Crippen molar-refractivity contribution < 1.29 is 9.53 Å². The molecule has 7 heteroatoms. The number of pyridine rings is 2. The van der Waals surface area contributed by atoms with E-state index in [4.69, 9.17) is 4.74 Å². The molecule has 2 fully saturated rings. The molecule has 1 spiro atoms. The Morgan fingerprint density at radius 2 is 2.00 bits per heavy atom. The predicted octanol–water partition coefficient (Wildman–Crippen LogP) is 2.94. The first-order valence-electron chi connectivity index (χ1n) is 10.2. The van der Waals surface area contributed by atoms with Crippen LogP contribution in [0.5, 0.6) is 0 Å². The molecule has 0 unspecified atom stereocenters. The van der Waals surface area contributed by atoms with E-state index in [9.17, 15) is 4.79 Å². The number of nitrogens with zero attached hydrogens (tertiary/aromatic N) is 4. The highest BCUT2D eigenvalue weighted by Gasteiger charge is 2.56. The average molecular weight is 421 g/mol.